The fourth-order valence-corrected chi connectivity index (χ4v) is 3.62. The first kappa shape index (κ1) is 15.9. The van der Waals surface area contributed by atoms with Crippen LogP contribution in [0.4, 0.5) is 0 Å². The summed E-state index contributed by atoms with van der Waals surface area (Å²) in [6, 6.07) is 7.43. The summed E-state index contributed by atoms with van der Waals surface area (Å²) in [5.41, 5.74) is 6.79. The molecule has 0 spiro atoms. The van der Waals surface area contributed by atoms with Gasteiger partial charge in [-0.15, -0.1) is 0 Å². The van der Waals surface area contributed by atoms with E-state index >= 15 is 0 Å². The van der Waals surface area contributed by atoms with E-state index in [4.69, 9.17) is 10.2 Å². The first-order chi connectivity index (χ1) is 11.1. The predicted molar refractivity (Wildman–Crippen MR) is 87.9 cm³/mol. The molecule has 0 unspecified atom stereocenters. The van der Waals surface area contributed by atoms with Gasteiger partial charge in [-0.25, -0.2) is 4.98 Å². The minimum absolute atomic E-state index is 0.00297. The zero-order chi connectivity index (χ0) is 16.2. The van der Waals surface area contributed by atoms with Crippen molar-refractivity contribution in [3.05, 3.63) is 24.3 Å². The Morgan fingerprint density at radius 1 is 1.35 bits per heavy atom. The molecule has 1 aliphatic rings. The van der Waals surface area contributed by atoms with Crippen LogP contribution in [0.1, 0.15) is 25.7 Å². The maximum atomic E-state index is 12.5. The van der Waals surface area contributed by atoms with Crippen LogP contribution < -0.4 is 5.73 Å². The van der Waals surface area contributed by atoms with Gasteiger partial charge < -0.3 is 15.1 Å². The largest absolute Gasteiger partial charge is 0.431 e. The highest BCUT2D eigenvalue weighted by atomic mass is 32.2. The van der Waals surface area contributed by atoms with Gasteiger partial charge in [0.15, 0.2) is 5.58 Å². The topological polar surface area (TPSA) is 89.4 Å². The van der Waals surface area contributed by atoms with E-state index in [9.17, 15) is 9.59 Å². The Morgan fingerprint density at radius 2 is 2.17 bits per heavy atom. The third-order valence-electron chi connectivity index (χ3n) is 3.98. The van der Waals surface area contributed by atoms with Gasteiger partial charge in [0.1, 0.15) is 5.52 Å². The number of para-hydroxylation sites is 2. The molecular weight excluding hydrogens is 314 g/mol. The van der Waals surface area contributed by atoms with Crippen LogP contribution in [0.3, 0.4) is 0 Å². The molecule has 0 aliphatic carbocycles. The van der Waals surface area contributed by atoms with Crippen LogP contribution in [0.5, 0.6) is 0 Å². The number of fused-ring (bicyclic) bond motifs is 1. The first-order valence-corrected chi connectivity index (χ1v) is 8.68. The van der Waals surface area contributed by atoms with Gasteiger partial charge in [0.25, 0.3) is 5.22 Å². The van der Waals surface area contributed by atoms with Gasteiger partial charge in [-0.05, 0) is 31.4 Å². The lowest BCUT2D eigenvalue weighted by molar-refractivity contribution is -0.133. The fraction of sp³-hybridized carbons (Fsp3) is 0.438. The second kappa shape index (κ2) is 7.04. The highest BCUT2D eigenvalue weighted by molar-refractivity contribution is 7.99. The molecule has 1 atom stereocenters. The van der Waals surface area contributed by atoms with Crippen molar-refractivity contribution in [2.45, 2.75) is 36.9 Å². The minimum Gasteiger partial charge on any atom is -0.431 e. The molecule has 122 valence electrons. The lowest BCUT2D eigenvalue weighted by Crippen LogP contribution is -2.46. The third kappa shape index (κ3) is 3.85. The summed E-state index contributed by atoms with van der Waals surface area (Å²) < 4.78 is 5.60. The molecule has 0 bridgehead atoms. The number of hydrogen-bond donors (Lipinski definition) is 1. The number of nitrogens with zero attached hydrogens (tertiary/aromatic N) is 2. The number of carbonyl (C=O) groups excluding carboxylic acids is 2. The number of amides is 2. The Morgan fingerprint density at radius 3 is 2.96 bits per heavy atom. The number of oxazole rings is 1. The number of piperidine rings is 1. The summed E-state index contributed by atoms with van der Waals surface area (Å²) in [5.74, 6) is -0.105. The SMILES string of the molecule is NC(=O)C[C@@H]1CCCCN1C(=O)CSc1nc2ccccc2o1. The molecule has 6 nitrogen and oxygen atoms in total. The molecule has 2 aromatic rings. The number of primary amides is 1. The average Bonchev–Trinajstić information content (AvgIpc) is 2.95. The predicted octanol–water partition coefficient (Wildman–Crippen LogP) is 2.18. The fourth-order valence-electron chi connectivity index (χ4n) is 2.89. The number of thioether (sulfide) groups is 1. The van der Waals surface area contributed by atoms with Crippen molar-refractivity contribution in [2.24, 2.45) is 5.73 Å². The Balaban J connectivity index is 1.62. The standard InChI is InChI=1S/C16H19N3O3S/c17-14(20)9-11-5-3-4-8-19(11)15(21)10-23-16-18-12-6-1-2-7-13(12)22-16/h1-2,6-7,11H,3-5,8-10H2,(H2,17,20)/t11-/m0/s1. The maximum Gasteiger partial charge on any atom is 0.257 e. The third-order valence-corrected chi connectivity index (χ3v) is 4.79. The summed E-state index contributed by atoms with van der Waals surface area (Å²) in [4.78, 5) is 29.8. The van der Waals surface area contributed by atoms with E-state index in [1.807, 2.05) is 24.3 Å². The summed E-state index contributed by atoms with van der Waals surface area (Å²) in [7, 11) is 0. The zero-order valence-corrected chi connectivity index (χ0v) is 13.6. The molecule has 2 heterocycles. The van der Waals surface area contributed by atoms with E-state index in [0.717, 1.165) is 24.8 Å². The quantitative estimate of drug-likeness (QED) is 0.847. The number of likely N-dealkylation sites (tertiary alicyclic amines) is 1. The van der Waals surface area contributed by atoms with Crippen molar-refractivity contribution in [2.75, 3.05) is 12.3 Å². The number of hydrogen-bond acceptors (Lipinski definition) is 5. The van der Waals surface area contributed by atoms with Crippen molar-refractivity contribution in [3.63, 3.8) is 0 Å². The van der Waals surface area contributed by atoms with Crippen molar-refractivity contribution in [3.8, 4) is 0 Å². The van der Waals surface area contributed by atoms with E-state index in [1.165, 1.54) is 11.8 Å². The highest BCUT2D eigenvalue weighted by Crippen LogP contribution is 2.25. The van der Waals surface area contributed by atoms with Gasteiger partial charge in [0.05, 0.1) is 5.75 Å². The van der Waals surface area contributed by atoms with Crippen LogP contribution in [-0.4, -0.2) is 40.0 Å². The Bertz CT molecular complexity index is 682. The van der Waals surface area contributed by atoms with Crippen LogP contribution in [0.2, 0.25) is 0 Å². The number of rotatable bonds is 5. The van der Waals surface area contributed by atoms with Crippen LogP contribution >= 0.6 is 11.8 Å². The minimum atomic E-state index is -0.360. The number of aromatic nitrogens is 1. The molecular formula is C16H19N3O3S. The average molecular weight is 333 g/mol. The first-order valence-electron chi connectivity index (χ1n) is 7.69. The van der Waals surface area contributed by atoms with Gasteiger partial charge in [0, 0.05) is 19.0 Å². The summed E-state index contributed by atoms with van der Waals surface area (Å²) >= 11 is 1.28. The summed E-state index contributed by atoms with van der Waals surface area (Å²) in [6.07, 6.45) is 3.07. The van der Waals surface area contributed by atoms with Crippen LogP contribution in [-0.2, 0) is 9.59 Å². The maximum absolute atomic E-state index is 12.5. The Kier molecular flexibility index (Phi) is 4.85. The number of carbonyl (C=O) groups is 2. The molecule has 1 aromatic carbocycles. The normalized spacial score (nSPS) is 18.3. The van der Waals surface area contributed by atoms with E-state index in [1.54, 1.807) is 4.90 Å². The summed E-state index contributed by atoms with van der Waals surface area (Å²) in [6.45, 7) is 0.685. The molecule has 2 amide bonds. The molecule has 3 rings (SSSR count). The molecule has 23 heavy (non-hydrogen) atoms. The molecule has 7 heteroatoms. The molecule has 0 radical (unpaired) electrons. The molecule has 1 aromatic heterocycles. The van der Waals surface area contributed by atoms with E-state index < -0.39 is 0 Å². The van der Waals surface area contributed by atoms with E-state index in [0.29, 0.717) is 17.4 Å². The Hall–Kier alpha value is -2.02. The van der Waals surface area contributed by atoms with Gasteiger partial charge >= 0.3 is 0 Å². The van der Waals surface area contributed by atoms with E-state index in [-0.39, 0.29) is 30.0 Å². The number of nitrogens with two attached hydrogens (primary N) is 1. The lowest BCUT2D eigenvalue weighted by Gasteiger charge is -2.35. The highest BCUT2D eigenvalue weighted by Gasteiger charge is 2.28. The van der Waals surface area contributed by atoms with Crippen LogP contribution in [0, 0.1) is 0 Å². The van der Waals surface area contributed by atoms with Crippen LogP contribution in [0.15, 0.2) is 33.9 Å². The molecule has 2 N–H and O–H groups in total. The lowest BCUT2D eigenvalue weighted by atomic mass is 9.99. The second-order valence-corrected chi connectivity index (χ2v) is 6.57. The molecule has 1 aliphatic heterocycles. The van der Waals surface area contributed by atoms with Crippen molar-refractivity contribution in [1.82, 2.24) is 9.88 Å². The molecule has 0 saturated carbocycles. The van der Waals surface area contributed by atoms with Gasteiger partial charge in [-0.3, -0.25) is 9.59 Å². The van der Waals surface area contributed by atoms with E-state index in [2.05, 4.69) is 4.98 Å². The van der Waals surface area contributed by atoms with Gasteiger partial charge in [-0.2, -0.15) is 0 Å². The van der Waals surface area contributed by atoms with Gasteiger partial charge in [-0.1, -0.05) is 23.9 Å². The van der Waals surface area contributed by atoms with Crippen molar-refractivity contribution >= 4 is 34.7 Å². The summed E-state index contributed by atoms with van der Waals surface area (Å²) in [5, 5.41) is 0.489. The molecule has 1 fully saturated rings. The second-order valence-electron chi connectivity index (χ2n) is 5.64. The van der Waals surface area contributed by atoms with Crippen molar-refractivity contribution < 1.29 is 14.0 Å². The Labute approximate surface area is 138 Å². The zero-order valence-electron chi connectivity index (χ0n) is 12.7. The molecule has 1 saturated heterocycles. The van der Waals surface area contributed by atoms with Crippen molar-refractivity contribution in [1.29, 1.82) is 0 Å². The number of benzene rings is 1. The van der Waals surface area contributed by atoms with Crippen LogP contribution in [0.25, 0.3) is 11.1 Å². The van der Waals surface area contributed by atoms with Gasteiger partial charge in [0.2, 0.25) is 11.8 Å². The smallest absolute Gasteiger partial charge is 0.257 e. The monoisotopic (exact) mass is 333 g/mol.